The molecule has 2 heterocycles. The molecule has 0 aromatic heterocycles. The van der Waals surface area contributed by atoms with E-state index in [1.54, 1.807) is 6.92 Å². The van der Waals surface area contributed by atoms with Crippen molar-refractivity contribution >= 4 is 10.0 Å². The van der Waals surface area contributed by atoms with Crippen LogP contribution in [0.1, 0.15) is 19.8 Å². The predicted molar refractivity (Wildman–Crippen MR) is 61.6 cm³/mol. The van der Waals surface area contributed by atoms with Crippen molar-refractivity contribution in [1.29, 1.82) is 0 Å². The molecule has 0 aromatic rings. The van der Waals surface area contributed by atoms with E-state index >= 15 is 0 Å². The average Bonchev–Trinajstić information content (AvgIpc) is 2.86. The van der Waals surface area contributed by atoms with Gasteiger partial charge in [-0.1, -0.05) is 0 Å². The summed E-state index contributed by atoms with van der Waals surface area (Å²) in [5.41, 5.74) is 0. The van der Waals surface area contributed by atoms with Crippen molar-refractivity contribution in [2.24, 2.45) is 0 Å². The van der Waals surface area contributed by atoms with E-state index in [2.05, 4.69) is 4.90 Å². The van der Waals surface area contributed by atoms with Gasteiger partial charge in [0.1, 0.15) is 0 Å². The maximum atomic E-state index is 11.7. The van der Waals surface area contributed by atoms with Crippen molar-refractivity contribution in [3.8, 4) is 0 Å². The molecule has 0 amide bonds. The van der Waals surface area contributed by atoms with Crippen LogP contribution in [-0.2, 0) is 10.0 Å². The van der Waals surface area contributed by atoms with E-state index in [4.69, 9.17) is 0 Å². The highest BCUT2D eigenvalue weighted by Gasteiger charge is 2.40. The molecule has 2 atom stereocenters. The van der Waals surface area contributed by atoms with Crippen LogP contribution in [-0.4, -0.2) is 66.8 Å². The Morgan fingerprint density at radius 3 is 2.44 bits per heavy atom. The monoisotopic (exact) mass is 248 g/mol. The minimum absolute atomic E-state index is 0.00354. The van der Waals surface area contributed by atoms with Gasteiger partial charge in [0, 0.05) is 13.1 Å². The van der Waals surface area contributed by atoms with Crippen LogP contribution in [0.25, 0.3) is 0 Å². The molecule has 1 N–H and O–H groups in total. The third-order valence-corrected chi connectivity index (χ3v) is 5.41. The zero-order valence-corrected chi connectivity index (χ0v) is 10.5. The lowest BCUT2D eigenvalue weighted by molar-refractivity contribution is 0.0983. The van der Waals surface area contributed by atoms with Gasteiger partial charge < -0.3 is 5.11 Å². The fourth-order valence-corrected chi connectivity index (χ4v) is 3.70. The van der Waals surface area contributed by atoms with Gasteiger partial charge in [0.15, 0.2) is 0 Å². The van der Waals surface area contributed by atoms with Gasteiger partial charge in [-0.05, 0) is 32.9 Å². The van der Waals surface area contributed by atoms with Crippen LogP contribution in [0.15, 0.2) is 0 Å². The lowest BCUT2D eigenvalue weighted by Gasteiger charge is -2.25. The van der Waals surface area contributed by atoms with Crippen molar-refractivity contribution in [3.05, 3.63) is 0 Å². The summed E-state index contributed by atoms with van der Waals surface area (Å²) in [5.74, 6) is 0.117. The van der Waals surface area contributed by atoms with Crippen LogP contribution in [0.2, 0.25) is 0 Å². The third-order valence-electron chi connectivity index (χ3n) is 3.59. The number of aliphatic hydroxyl groups excluding tert-OH is 1. The van der Waals surface area contributed by atoms with Gasteiger partial charge in [-0.3, -0.25) is 4.90 Å². The van der Waals surface area contributed by atoms with Gasteiger partial charge in [0.25, 0.3) is 0 Å². The van der Waals surface area contributed by atoms with Gasteiger partial charge in [-0.2, -0.15) is 4.31 Å². The number of β-amino-alcohol motifs (C(OH)–C–C–N with tert-alkyl or cyclic N) is 1. The topological polar surface area (TPSA) is 60.9 Å². The summed E-state index contributed by atoms with van der Waals surface area (Å²) < 4.78 is 24.8. The van der Waals surface area contributed by atoms with Gasteiger partial charge in [-0.25, -0.2) is 8.42 Å². The van der Waals surface area contributed by atoms with Gasteiger partial charge in [-0.15, -0.1) is 0 Å². The lowest BCUT2D eigenvalue weighted by atomic mass is 10.2. The summed E-state index contributed by atoms with van der Waals surface area (Å²) in [6.07, 6.45) is 1.78. The molecule has 2 fully saturated rings. The summed E-state index contributed by atoms with van der Waals surface area (Å²) in [4.78, 5) is 2.22. The van der Waals surface area contributed by atoms with E-state index in [1.165, 1.54) is 4.31 Å². The summed E-state index contributed by atoms with van der Waals surface area (Å²) in [6, 6.07) is 0.00354. The molecule has 0 unspecified atom stereocenters. The molecule has 0 aromatic carbocycles. The number of nitrogens with zero attached hydrogens (tertiary/aromatic N) is 2. The van der Waals surface area contributed by atoms with Crippen LogP contribution >= 0.6 is 0 Å². The molecular weight excluding hydrogens is 228 g/mol. The zero-order chi connectivity index (χ0) is 11.8. The normalized spacial score (nSPS) is 33.6. The molecule has 0 aliphatic carbocycles. The molecule has 2 saturated heterocycles. The van der Waals surface area contributed by atoms with Crippen LogP contribution in [0.5, 0.6) is 0 Å². The average molecular weight is 248 g/mol. The molecule has 2 rings (SSSR count). The fraction of sp³-hybridized carbons (Fsp3) is 1.00. The Hall–Kier alpha value is -0.170. The number of rotatable bonds is 3. The van der Waals surface area contributed by atoms with Crippen molar-refractivity contribution in [1.82, 2.24) is 9.21 Å². The van der Waals surface area contributed by atoms with E-state index in [0.29, 0.717) is 6.54 Å². The number of likely N-dealkylation sites (tertiary alicyclic amines) is 1. The highest BCUT2D eigenvalue weighted by atomic mass is 32.2. The maximum Gasteiger partial charge on any atom is 0.213 e. The third kappa shape index (κ3) is 2.25. The first-order chi connectivity index (χ1) is 7.54. The SMILES string of the molecule is CCS(=O)(=O)N1C[C@@H](O)[C@H](N2CCCC2)C1. The highest BCUT2D eigenvalue weighted by molar-refractivity contribution is 7.89. The molecule has 16 heavy (non-hydrogen) atoms. The van der Waals surface area contributed by atoms with Crippen molar-refractivity contribution in [2.45, 2.75) is 31.9 Å². The fourth-order valence-electron chi connectivity index (χ4n) is 2.58. The first-order valence-corrected chi connectivity index (χ1v) is 7.55. The molecule has 5 nitrogen and oxygen atoms in total. The van der Waals surface area contributed by atoms with E-state index in [0.717, 1.165) is 25.9 Å². The van der Waals surface area contributed by atoms with Crippen LogP contribution in [0.4, 0.5) is 0 Å². The molecule has 0 spiro atoms. The first kappa shape index (κ1) is 12.3. The smallest absolute Gasteiger partial charge is 0.213 e. The Bertz CT molecular complexity index is 338. The second-order valence-corrected chi connectivity index (χ2v) is 6.85. The first-order valence-electron chi connectivity index (χ1n) is 5.94. The molecule has 0 bridgehead atoms. The molecule has 0 saturated carbocycles. The van der Waals surface area contributed by atoms with Crippen LogP contribution in [0, 0.1) is 0 Å². The number of hydrogen-bond donors (Lipinski definition) is 1. The van der Waals surface area contributed by atoms with Crippen molar-refractivity contribution in [3.63, 3.8) is 0 Å². The van der Waals surface area contributed by atoms with Gasteiger partial charge in [0.05, 0.1) is 17.9 Å². The Labute approximate surface area is 97.1 Å². The van der Waals surface area contributed by atoms with E-state index in [1.807, 2.05) is 0 Å². The number of hydrogen-bond acceptors (Lipinski definition) is 4. The molecular formula is C10H20N2O3S. The van der Waals surface area contributed by atoms with Crippen LogP contribution in [0.3, 0.4) is 0 Å². The van der Waals surface area contributed by atoms with E-state index in [-0.39, 0.29) is 18.3 Å². The largest absolute Gasteiger partial charge is 0.390 e. The maximum absolute atomic E-state index is 11.7. The number of aliphatic hydroxyl groups is 1. The Kier molecular flexibility index (Phi) is 3.53. The lowest BCUT2D eigenvalue weighted by Crippen LogP contribution is -2.41. The summed E-state index contributed by atoms with van der Waals surface area (Å²) in [6.45, 7) is 4.34. The Balaban J connectivity index is 2.04. The summed E-state index contributed by atoms with van der Waals surface area (Å²) >= 11 is 0. The standard InChI is InChI=1S/C10H20N2O3S/c1-2-16(14,15)12-7-9(10(13)8-12)11-5-3-4-6-11/h9-10,13H,2-8H2,1H3/t9-,10-/m1/s1. The minimum Gasteiger partial charge on any atom is -0.390 e. The summed E-state index contributed by atoms with van der Waals surface area (Å²) in [5, 5.41) is 9.93. The van der Waals surface area contributed by atoms with E-state index in [9.17, 15) is 13.5 Å². The quantitative estimate of drug-likeness (QED) is 0.730. The van der Waals surface area contributed by atoms with Crippen molar-refractivity contribution < 1.29 is 13.5 Å². The molecule has 6 heteroatoms. The van der Waals surface area contributed by atoms with Crippen molar-refractivity contribution in [2.75, 3.05) is 31.9 Å². The molecule has 0 radical (unpaired) electrons. The van der Waals surface area contributed by atoms with E-state index < -0.39 is 16.1 Å². The Morgan fingerprint density at radius 2 is 1.88 bits per heavy atom. The minimum atomic E-state index is -3.15. The second kappa shape index (κ2) is 4.60. The summed E-state index contributed by atoms with van der Waals surface area (Å²) in [7, 11) is -3.15. The second-order valence-electron chi connectivity index (χ2n) is 4.60. The zero-order valence-electron chi connectivity index (χ0n) is 9.67. The molecule has 2 aliphatic heterocycles. The molecule has 94 valence electrons. The van der Waals surface area contributed by atoms with Crippen LogP contribution < -0.4 is 0 Å². The highest BCUT2D eigenvalue weighted by Crippen LogP contribution is 2.22. The Morgan fingerprint density at radius 1 is 1.25 bits per heavy atom. The number of sulfonamides is 1. The molecule has 2 aliphatic rings. The predicted octanol–water partition coefficient (Wildman–Crippen LogP) is -0.523. The van der Waals surface area contributed by atoms with Gasteiger partial charge >= 0.3 is 0 Å². The van der Waals surface area contributed by atoms with Gasteiger partial charge in [0.2, 0.25) is 10.0 Å².